The summed E-state index contributed by atoms with van der Waals surface area (Å²) in [7, 11) is 0. The van der Waals surface area contributed by atoms with Crippen LogP contribution in [0.3, 0.4) is 0 Å². The zero-order valence-electron chi connectivity index (χ0n) is 32.2. The van der Waals surface area contributed by atoms with Crippen LogP contribution in [-0.2, 0) is 0 Å². The van der Waals surface area contributed by atoms with Crippen LogP contribution in [0, 0.1) is 0 Å². The van der Waals surface area contributed by atoms with Gasteiger partial charge >= 0.3 is 0 Å². The standard InChI is InChI=1S/C56H37N3/c1-2-19-40(20-3-1)59-54-34-13-10-29-50(54)51-31-16-30-45(56(51)59)38-18-14-21-41(35-38)57(55-36-39-17-4-5-24-44(39)46-25-6-7-26-47(46)55)42-22-15-23-43(37-42)58-52-32-11-8-27-48(52)49-28-9-12-33-53(49)58/h1-37H. The smallest absolute Gasteiger partial charge is 0.0619 e. The van der Waals surface area contributed by atoms with Crippen molar-refractivity contribution in [3.8, 4) is 22.5 Å². The van der Waals surface area contributed by atoms with Gasteiger partial charge in [-0.2, -0.15) is 0 Å². The molecule has 0 spiro atoms. The van der Waals surface area contributed by atoms with E-state index in [9.17, 15) is 0 Å². The quantitative estimate of drug-likeness (QED) is 0.154. The largest absolute Gasteiger partial charge is 0.310 e. The van der Waals surface area contributed by atoms with Crippen molar-refractivity contribution >= 4 is 82.2 Å². The summed E-state index contributed by atoms with van der Waals surface area (Å²) in [6, 6.07) is 81.8. The molecule has 0 atom stereocenters. The molecule has 10 aromatic carbocycles. The van der Waals surface area contributed by atoms with Crippen molar-refractivity contribution in [2.24, 2.45) is 0 Å². The highest BCUT2D eigenvalue weighted by atomic mass is 15.1. The zero-order valence-corrected chi connectivity index (χ0v) is 32.2. The number of anilines is 3. The summed E-state index contributed by atoms with van der Waals surface area (Å²) in [5, 5.41) is 9.88. The SMILES string of the molecule is c1ccc(-n2c3ccccc3c3cccc(-c4cccc(N(c5cccc(-n6c7ccccc7c7ccccc76)c5)c5cc6ccccc6c6ccccc56)c4)c32)cc1. The van der Waals surface area contributed by atoms with Gasteiger partial charge in [0.2, 0.25) is 0 Å². The fourth-order valence-electron chi connectivity index (χ4n) is 9.53. The molecule has 0 saturated heterocycles. The van der Waals surface area contributed by atoms with E-state index in [2.05, 4.69) is 238 Å². The number of rotatable bonds is 6. The van der Waals surface area contributed by atoms with Crippen molar-refractivity contribution in [1.29, 1.82) is 0 Å². The molecule has 0 aliphatic carbocycles. The Morgan fingerprint density at radius 2 is 0.814 bits per heavy atom. The maximum atomic E-state index is 2.46. The number of hydrogen-bond donors (Lipinski definition) is 0. The molecule has 2 aromatic heterocycles. The molecular weight excluding hydrogens is 715 g/mol. The van der Waals surface area contributed by atoms with E-state index in [1.165, 1.54) is 70.7 Å². The van der Waals surface area contributed by atoms with Crippen LogP contribution in [0.15, 0.2) is 224 Å². The average Bonchev–Trinajstić information content (AvgIpc) is 3.83. The maximum Gasteiger partial charge on any atom is 0.0619 e. The van der Waals surface area contributed by atoms with Crippen molar-refractivity contribution in [1.82, 2.24) is 9.13 Å². The van der Waals surface area contributed by atoms with Gasteiger partial charge in [0.25, 0.3) is 0 Å². The first-order valence-electron chi connectivity index (χ1n) is 20.3. The van der Waals surface area contributed by atoms with E-state index in [1.807, 2.05) is 0 Å². The third-order valence-corrected chi connectivity index (χ3v) is 12.0. The molecule has 0 radical (unpaired) electrons. The maximum absolute atomic E-state index is 2.46. The Kier molecular flexibility index (Phi) is 7.54. The number of aromatic nitrogens is 2. The van der Waals surface area contributed by atoms with Crippen LogP contribution in [0.4, 0.5) is 17.1 Å². The molecule has 0 unspecified atom stereocenters. The lowest BCUT2D eigenvalue weighted by molar-refractivity contribution is 1.17. The Morgan fingerprint density at radius 1 is 0.305 bits per heavy atom. The van der Waals surface area contributed by atoms with Gasteiger partial charge in [-0.05, 0) is 88.5 Å². The minimum Gasteiger partial charge on any atom is -0.310 e. The van der Waals surface area contributed by atoms with Gasteiger partial charge in [-0.1, -0.05) is 158 Å². The summed E-state index contributed by atoms with van der Waals surface area (Å²) < 4.78 is 4.83. The topological polar surface area (TPSA) is 13.1 Å². The minimum absolute atomic E-state index is 1.08. The van der Waals surface area contributed by atoms with Crippen LogP contribution in [0.2, 0.25) is 0 Å². The van der Waals surface area contributed by atoms with E-state index < -0.39 is 0 Å². The van der Waals surface area contributed by atoms with E-state index in [-0.39, 0.29) is 0 Å². The first kappa shape index (κ1) is 33.3. The molecule has 59 heavy (non-hydrogen) atoms. The molecule has 12 rings (SSSR count). The Balaban J connectivity index is 1.12. The van der Waals surface area contributed by atoms with Crippen LogP contribution in [-0.4, -0.2) is 9.13 Å². The summed E-state index contributed by atoms with van der Waals surface area (Å²) in [6.07, 6.45) is 0. The summed E-state index contributed by atoms with van der Waals surface area (Å²) in [4.78, 5) is 2.46. The third-order valence-electron chi connectivity index (χ3n) is 12.0. The van der Waals surface area contributed by atoms with E-state index >= 15 is 0 Å². The van der Waals surface area contributed by atoms with Gasteiger partial charge in [-0.25, -0.2) is 0 Å². The highest BCUT2D eigenvalue weighted by Crippen LogP contribution is 2.45. The fourth-order valence-corrected chi connectivity index (χ4v) is 9.53. The van der Waals surface area contributed by atoms with Crippen LogP contribution < -0.4 is 4.90 Å². The monoisotopic (exact) mass is 751 g/mol. The van der Waals surface area contributed by atoms with Crippen molar-refractivity contribution in [2.45, 2.75) is 0 Å². The predicted molar refractivity (Wildman–Crippen MR) is 250 cm³/mol. The number of nitrogens with zero attached hydrogens (tertiary/aromatic N) is 3. The van der Waals surface area contributed by atoms with Crippen molar-refractivity contribution in [3.05, 3.63) is 224 Å². The number of hydrogen-bond acceptors (Lipinski definition) is 1. The van der Waals surface area contributed by atoms with E-state index in [1.54, 1.807) is 0 Å². The Hall–Kier alpha value is -7.88. The van der Waals surface area contributed by atoms with Crippen LogP contribution >= 0.6 is 0 Å². The second-order valence-electron chi connectivity index (χ2n) is 15.3. The molecule has 0 saturated carbocycles. The Bertz CT molecular complexity index is 3520. The fraction of sp³-hybridized carbons (Fsp3) is 0. The molecule has 2 heterocycles. The van der Waals surface area contributed by atoms with Gasteiger partial charge < -0.3 is 14.0 Å². The molecule has 0 bridgehead atoms. The van der Waals surface area contributed by atoms with E-state index in [4.69, 9.17) is 0 Å². The van der Waals surface area contributed by atoms with Crippen LogP contribution in [0.1, 0.15) is 0 Å². The lowest BCUT2D eigenvalue weighted by Crippen LogP contribution is -2.11. The number of para-hydroxylation sites is 5. The molecule has 0 amide bonds. The first-order valence-corrected chi connectivity index (χ1v) is 20.3. The van der Waals surface area contributed by atoms with Crippen molar-refractivity contribution < 1.29 is 0 Å². The second-order valence-corrected chi connectivity index (χ2v) is 15.3. The number of fused-ring (bicyclic) bond motifs is 9. The van der Waals surface area contributed by atoms with Gasteiger partial charge in [0.05, 0.1) is 27.8 Å². The summed E-state index contributed by atoms with van der Waals surface area (Å²) in [6.45, 7) is 0. The lowest BCUT2D eigenvalue weighted by Gasteiger charge is -2.28. The van der Waals surface area contributed by atoms with Gasteiger partial charge in [0.1, 0.15) is 0 Å². The summed E-state index contributed by atoms with van der Waals surface area (Å²) >= 11 is 0. The minimum atomic E-state index is 1.08. The zero-order chi connectivity index (χ0) is 38.9. The molecule has 0 aliphatic heterocycles. The van der Waals surface area contributed by atoms with Crippen LogP contribution in [0.25, 0.3) is 87.7 Å². The van der Waals surface area contributed by atoms with Gasteiger partial charge in [-0.15, -0.1) is 0 Å². The van der Waals surface area contributed by atoms with Crippen LogP contribution in [0.5, 0.6) is 0 Å². The van der Waals surface area contributed by atoms with Gasteiger partial charge in [0, 0.05) is 55.2 Å². The Morgan fingerprint density at radius 3 is 1.54 bits per heavy atom. The molecule has 3 nitrogen and oxygen atoms in total. The van der Waals surface area contributed by atoms with E-state index in [0.717, 1.165) is 34.0 Å². The predicted octanol–water partition coefficient (Wildman–Crippen LogP) is 15.3. The third kappa shape index (κ3) is 5.22. The number of benzene rings is 10. The van der Waals surface area contributed by atoms with Gasteiger partial charge in [-0.3, -0.25) is 0 Å². The van der Waals surface area contributed by atoms with E-state index in [0.29, 0.717) is 0 Å². The molecule has 0 N–H and O–H groups in total. The Labute approximate surface area is 341 Å². The second kappa shape index (κ2) is 13.4. The lowest BCUT2D eigenvalue weighted by atomic mass is 9.98. The normalized spacial score (nSPS) is 11.7. The summed E-state index contributed by atoms with van der Waals surface area (Å²) in [5.41, 5.74) is 12.7. The summed E-state index contributed by atoms with van der Waals surface area (Å²) in [5.74, 6) is 0. The molecule has 0 fully saturated rings. The highest BCUT2D eigenvalue weighted by Gasteiger charge is 2.21. The molecule has 276 valence electrons. The van der Waals surface area contributed by atoms with Crippen molar-refractivity contribution in [2.75, 3.05) is 4.90 Å². The molecular formula is C56H37N3. The van der Waals surface area contributed by atoms with Gasteiger partial charge in [0.15, 0.2) is 0 Å². The molecule has 0 aliphatic rings. The van der Waals surface area contributed by atoms with Crippen molar-refractivity contribution in [3.63, 3.8) is 0 Å². The first-order chi connectivity index (χ1) is 29.3. The highest BCUT2D eigenvalue weighted by molar-refractivity contribution is 6.16. The molecule has 3 heteroatoms. The molecule has 12 aromatic rings. The average molecular weight is 752 g/mol.